The van der Waals surface area contributed by atoms with E-state index >= 15 is 0 Å². The summed E-state index contributed by atoms with van der Waals surface area (Å²) in [7, 11) is 1.89. The molecular weight excluding hydrogens is 476 g/mol. The zero-order valence-electron chi connectivity index (χ0n) is 21.8. The van der Waals surface area contributed by atoms with E-state index in [0.29, 0.717) is 18.2 Å². The summed E-state index contributed by atoms with van der Waals surface area (Å²) in [6.45, 7) is 4.48. The van der Waals surface area contributed by atoms with Crippen molar-refractivity contribution in [1.29, 1.82) is 0 Å². The third-order valence-electron chi connectivity index (χ3n) is 7.34. The Bertz CT molecular complexity index is 1580. The van der Waals surface area contributed by atoms with Crippen LogP contribution in [0.3, 0.4) is 0 Å². The van der Waals surface area contributed by atoms with Crippen LogP contribution in [0.2, 0.25) is 0 Å². The molecule has 0 amide bonds. The van der Waals surface area contributed by atoms with Gasteiger partial charge in [-0.2, -0.15) is 10.2 Å². The van der Waals surface area contributed by atoms with Crippen LogP contribution >= 0.6 is 0 Å². The van der Waals surface area contributed by atoms with Crippen LogP contribution in [0, 0.1) is 11.8 Å². The average molecular weight is 507 g/mol. The number of benzene rings is 1. The molecule has 0 saturated heterocycles. The first-order valence-corrected chi connectivity index (χ1v) is 13.0. The number of fused-ring (bicyclic) bond motifs is 1. The number of aryl methyl sites for hydroxylation is 1. The van der Waals surface area contributed by atoms with E-state index in [1.165, 1.54) is 0 Å². The maximum atomic E-state index is 12.6. The minimum Gasteiger partial charge on any atom is -0.489 e. The number of carbonyl (C=O) groups excluding carboxylic acids is 1. The fraction of sp³-hybridized carbons (Fsp3) is 0.300. The number of rotatable bonds is 9. The van der Waals surface area contributed by atoms with Gasteiger partial charge in [0.25, 0.3) is 0 Å². The SMILES string of the molecule is CC(C(=O)C1CC1)C(C)c1nc2cccc(-c3ccc(OCc4ccc(-c5cnn(C)c5)nc4)cc3)n2n1. The number of hydrogen-bond donors (Lipinski definition) is 0. The normalized spacial score (nSPS) is 14.9. The molecule has 192 valence electrons. The molecule has 0 radical (unpaired) electrons. The topological polar surface area (TPSA) is 87.2 Å². The van der Waals surface area contributed by atoms with Crippen molar-refractivity contribution in [1.82, 2.24) is 29.4 Å². The van der Waals surface area contributed by atoms with E-state index in [9.17, 15) is 4.79 Å². The molecule has 1 fully saturated rings. The molecule has 2 unspecified atom stereocenters. The molecule has 0 bridgehead atoms. The lowest BCUT2D eigenvalue weighted by atomic mass is 9.89. The Morgan fingerprint density at radius 3 is 2.53 bits per heavy atom. The van der Waals surface area contributed by atoms with E-state index in [1.54, 1.807) is 10.9 Å². The fourth-order valence-corrected chi connectivity index (χ4v) is 4.67. The van der Waals surface area contributed by atoms with Crippen LogP contribution in [0.15, 0.2) is 73.2 Å². The van der Waals surface area contributed by atoms with Gasteiger partial charge in [0.2, 0.25) is 0 Å². The lowest BCUT2D eigenvalue weighted by Crippen LogP contribution is -2.20. The molecule has 38 heavy (non-hydrogen) atoms. The van der Waals surface area contributed by atoms with Crippen LogP contribution in [0.5, 0.6) is 5.75 Å². The molecule has 1 aromatic carbocycles. The standard InChI is InChI=1S/C30H30N6O2/c1-19(29(37)23-8-9-23)20(2)30-33-28-6-4-5-27(36(28)34-30)22-10-12-25(13-11-22)38-18-21-7-14-26(31-15-21)24-16-32-35(3)17-24/h4-7,10-17,19-20,23H,8-9,18H2,1-3H3. The second-order valence-corrected chi connectivity index (χ2v) is 10.2. The van der Waals surface area contributed by atoms with Crippen LogP contribution in [0.1, 0.15) is 44.0 Å². The Morgan fingerprint density at radius 2 is 1.84 bits per heavy atom. The first kappa shape index (κ1) is 24.0. The van der Waals surface area contributed by atoms with Crippen molar-refractivity contribution < 1.29 is 9.53 Å². The summed E-state index contributed by atoms with van der Waals surface area (Å²) in [5.74, 6) is 1.95. The molecule has 2 atom stereocenters. The van der Waals surface area contributed by atoms with Crippen LogP contribution < -0.4 is 4.74 Å². The van der Waals surface area contributed by atoms with Gasteiger partial charge in [0, 0.05) is 53.9 Å². The molecule has 0 aliphatic heterocycles. The molecule has 0 spiro atoms. The van der Waals surface area contributed by atoms with Crippen molar-refractivity contribution in [3.05, 3.63) is 84.6 Å². The molecular formula is C30H30N6O2. The van der Waals surface area contributed by atoms with Gasteiger partial charge in [-0.1, -0.05) is 26.0 Å². The van der Waals surface area contributed by atoms with Gasteiger partial charge in [-0.05, 0) is 55.3 Å². The molecule has 6 rings (SSSR count). The summed E-state index contributed by atoms with van der Waals surface area (Å²) < 4.78 is 9.64. The predicted molar refractivity (Wildman–Crippen MR) is 145 cm³/mol. The Kier molecular flexibility index (Phi) is 6.23. The van der Waals surface area contributed by atoms with Gasteiger partial charge in [-0.3, -0.25) is 14.5 Å². The number of hydrogen-bond acceptors (Lipinski definition) is 6. The molecule has 8 nitrogen and oxygen atoms in total. The van der Waals surface area contributed by atoms with Crippen LogP contribution in [-0.4, -0.2) is 35.1 Å². The maximum Gasteiger partial charge on any atom is 0.156 e. The minimum absolute atomic E-state index is 0.0282. The second-order valence-electron chi connectivity index (χ2n) is 10.2. The number of nitrogens with zero attached hydrogens (tertiary/aromatic N) is 6. The Hall–Kier alpha value is -4.33. The van der Waals surface area contributed by atoms with E-state index in [2.05, 4.69) is 10.1 Å². The van der Waals surface area contributed by atoms with Crippen LogP contribution in [0.25, 0.3) is 28.2 Å². The van der Waals surface area contributed by atoms with E-state index < -0.39 is 0 Å². The van der Waals surface area contributed by atoms with Gasteiger partial charge in [-0.15, -0.1) is 0 Å². The third kappa shape index (κ3) is 4.81. The number of carbonyl (C=O) groups is 1. The molecule has 4 heterocycles. The third-order valence-corrected chi connectivity index (χ3v) is 7.34. The van der Waals surface area contributed by atoms with Gasteiger partial charge in [-0.25, -0.2) is 9.50 Å². The summed E-state index contributed by atoms with van der Waals surface area (Å²) >= 11 is 0. The lowest BCUT2D eigenvalue weighted by Gasteiger charge is -2.15. The summed E-state index contributed by atoms with van der Waals surface area (Å²) in [4.78, 5) is 21.9. The first-order valence-electron chi connectivity index (χ1n) is 13.0. The largest absolute Gasteiger partial charge is 0.489 e. The van der Waals surface area contributed by atoms with Gasteiger partial charge < -0.3 is 4.74 Å². The van der Waals surface area contributed by atoms with Gasteiger partial charge in [0.1, 0.15) is 18.1 Å². The summed E-state index contributed by atoms with van der Waals surface area (Å²) in [6.07, 6.45) is 7.62. The monoisotopic (exact) mass is 506 g/mol. The Labute approximate surface area is 221 Å². The molecule has 1 aliphatic rings. The highest BCUT2D eigenvalue weighted by Gasteiger charge is 2.36. The zero-order valence-corrected chi connectivity index (χ0v) is 21.8. The molecule has 5 aromatic rings. The summed E-state index contributed by atoms with van der Waals surface area (Å²) in [5.41, 5.74) is 5.59. The molecule has 1 saturated carbocycles. The quantitative estimate of drug-likeness (QED) is 0.263. The average Bonchev–Trinajstić information content (AvgIpc) is 3.56. The zero-order chi connectivity index (χ0) is 26.2. The van der Waals surface area contributed by atoms with Crippen molar-refractivity contribution in [2.24, 2.45) is 18.9 Å². The maximum absolute atomic E-state index is 12.6. The summed E-state index contributed by atoms with van der Waals surface area (Å²) in [5, 5.41) is 9.01. The van der Waals surface area contributed by atoms with Crippen molar-refractivity contribution in [3.63, 3.8) is 0 Å². The highest BCUT2D eigenvalue weighted by molar-refractivity contribution is 5.85. The van der Waals surface area contributed by atoms with E-state index in [0.717, 1.165) is 52.3 Å². The van der Waals surface area contributed by atoms with Crippen LogP contribution in [0.4, 0.5) is 0 Å². The summed E-state index contributed by atoms with van der Waals surface area (Å²) in [6, 6.07) is 17.9. The van der Waals surface area contributed by atoms with Gasteiger partial charge in [0.05, 0.1) is 17.6 Å². The highest BCUT2D eigenvalue weighted by Crippen LogP contribution is 2.36. The number of Topliss-reactive ketones (excluding diaryl/α,β-unsaturated/α-hetero) is 1. The number of ketones is 1. The predicted octanol–water partition coefficient (Wildman–Crippen LogP) is 5.49. The van der Waals surface area contributed by atoms with Crippen molar-refractivity contribution in [3.8, 4) is 28.3 Å². The second kappa shape index (κ2) is 9.85. The number of aromatic nitrogens is 6. The molecule has 0 N–H and O–H groups in total. The van der Waals surface area contributed by atoms with E-state index in [1.807, 2.05) is 92.4 Å². The van der Waals surface area contributed by atoms with Crippen molar-refractivity contribution >= 4 is 11.4 Å². The highest BCUT2D eigenvalue weighted by atomic mass is 16.5. The molecule has 4 aromatic heterocycles. The van der Waals surface area contributed by atoms with Gasteiger partial charge in [0.15, 0.2) is 11.5 Å². The Morgan fingerprint density at radius 1 is 1.03 bits per heavy atom. The number of ether oxygens (including phenoxy) is 1. The van der Waals surface area contributed by atoms with Gasteiger partial charge >= 0.3 is 0 Å². The lowest BCUT2D eigenvalue weighted by molar-refractivity contribution is -0.124. The first-order chi connectivity index (χ1) is 18.5. The number of pyridine rings is 2. The molecule has 8 heteroatoms. The smallest absolute Gasteiger partial charge is 0.156 e. The molecule has 1 aliphatic carbocycles. The van der Waals surface area contributed by atoms with Crippen molar-refractivity contribution in [2.45, 2.75) is 39.2 Å². The fourth-order valence-electron chi connectivity index (χ4n) is 4.67. The minimum atomic E-state index is -0.0819. The van der Waals surface area contributed by atoms with Crippen molar-refractivity contribution in [2.75, 3.05) is 0 Å². The van der Waals surface area contributed by atoms with E-state index in [4.69, 9.17) is 14.8 Å². The Balaban J connectivity index is 1.15. The van der Waals surface area contributed by atoms with E-state index in [-0.39, 0.29) is 17.8 Å². The van der Waals surface area contributed by atoms with Crippen LogP contribution in [-0.2, 0) is 18.4 Å².